The van der Waals surface area contributed by atoms with Crippen molar-refractivity contribution >= 4 is 5.97 Å². The Bertz CT molecular complexity index is 512. The molecule has 17 heavy (non-hydrogen) atoms. The van der Waals surface area contributed by atoms with Crippen LogP contribution in [-0.2, 0) is 5.54 Å². The number of carboxylic acid groups (broad SMARTS) is 1. The highest BCUT2D eigenvalue weighted by atomic mass is 16.4. The second kappa shape index (κ2) is 4.35. The van der Waals surface area contributed by atoms with Crippen molar-refractivity contribution in [2.24, 2.45) is 0 Å². The Morgan fingerprint density at radius 2 is 1.94 bits per heavy atom. The number of carbonyl (C=O) groups is 1. The molecule has 0 aromatic carbocycles. The van der Waals surface area contributed by atoms with E-state index < -0.39 is 5.97 Å². The number of nitrogens with zero attached hydrogens (tertiary/aromatic N) is 1. The number of pyridine rings is 1. The average Bonchev–Trinajstić information content (AvgIpc) is 2.15. The van der Waals surface area contributed by atoms with Crippen molar-refractivity contribution in [1.29, 1.82) is 0 Å². The van der Waals surface area contributed by atoms with Crippen molar-refractivity contribution in [1.82, 2.24) is 4.57 Å². The average molecular weight is 237 g/mol. The van der Waals surface area contributed by atoms with E-state index in [1.807, 2.05) is 20.8 Å². The molecule has 0 bridgehead atoms. The molecule has 1 heterocycles. The largest absolute Gasteiger partial charge is 0.478 e. The Hall–Kier alpha value is -1.58. The highest BCUT2D eigenvalue weighted by Gasteiger charge is 2.24. The molecule has 0 aliphatic heterocycles. The normalized spacial score (nSPS) is 11.6. The molecule has 0 spiro atoms. The van der Waals surface area contributed by atoms with E-state index in [-0.39, 0.29) is 16.7 Å². The van der Waals surface area contributed by atoms with Gasteiger partial charge < -0.3 is 9.67 Å². The van der Waals surface area contributed by atoms with Crippen molar-refractivity contribution < 1.29 is 9.90 Å². The Morgan fingerprint density at radius 1 is 1.41 bits per heavy atom. The minimum absolute atomic E-state index is 0.142. The third-order valence-corrected chi connectivity index (χ3v) is 3.34. The molecule has 1 aromatic heterocycles. The molecule has 4 heteroatoms. The minimum Gasteiger partial charge on any atom is -0.478 e. The molecule has 1 N–H and O–H groups in total. The van der Waals surface area contributed by atoms with Crippen LogP contribution in [0.3, 0.4) is 0 Å². The van der Waals surface area contributed by atoms with Crippen LogP contribution >= 0.6 is 0 Å². The van der Waals surface area contributed by atoms with Crippen molar-refractivity contribution in [3.05, 3.63) is 33.2 Å². The maximum absolute atomic E-state index is 12.0. The van der Waals surface area contributed by atoms with Crippen LogP contribution in [0.5, 0.6) is 0 Å². The highest BCUT2D eigenvalue weighted by molar-refractivity contribution is 5.90. The van der Waals surface area contributed by atoms with Gasteiger partial charge in [-0.25, -0.2) is 4.79 Å². The molecule has 0 fully saturated rings. The molecule has 1 aromatic rings. The molecular formula is C13H19NO3. The van der Waals surface area contributed by atoms with E-state index in [1.54, 1.807) is 18.4 Å². The van der Waals surface area contributed by atoms with E-state index in [2.05, 4.69) is 0 Å². The van der Waals surface area contributed by atoms with E-state index in [4.69, 9.17) is 0 Å². The topological polar surface area (TPSA) is 59.3 Å². The number of hydrogen-bond acceptors (Lipinski definition) is 2. The van der Waals surface area contributed by atoms with Gasteiger partial charge in [-0.2, -0.15) is 0 Å². The quantitative estimate of drug-likeness (QED) is 0.877. The Balaban J connectivity index is 3.70. The predicted octanol–water partition coefficient (Wildman–Crippen LogP) is 2.31. The summed E-state index contributed by atoms with van der Waals surface area (Å²) in [6, 6.07) is 1.40. The molecule has 0 radical (unpaired) electrons. The van der Waals surface area contributed by atoms with E-state index >= 15 is 0 Å². The second-order valence-corrected chi connectivity index (χ2v) is 4.93. The van der Waals surface area contributed by atoms with Crippen LogP contribution in [0.15, 0.2) is 10.9 Å². The van der Waals surface area contributed by atoms with E-state index in [1.165, 1.54) is 6.07 Å². The van der Waals surface area contributed by atoms with Gasteiger partial charge in [0.05, 0.1) is 5.56 Å². The molecule has 0 saturated carbocycles. The first-order valence-corrected chi connectivity index (χ1v) is 5.69. The van der Waals surface area contributed by atoms with Crippen LogP contribution in [0.25, 0.3) is 0 Å². The third kappa shape index (κ3) is 2.25. The number of aromatic carboxylic acids is 1. The maximum atomic E-state index is 12.0. The molecule has 94 valence electrons. The van der Waals surface area contributed by atoms with E-state index in [0.29, 0.717) is 11.3 Å². The Morgan fingerprint density at radius 3 is 2.35 bits per heavy atom. The van der Waals surface area contributed by atoms with Gasteiger partial charge in [0.1, 0.15) is 0 Å². The Labute approximate surface area is 101 Å². The Kier molecular flexibility index (Phi) is 3.45. The summed E-state index contributed by atoms with van der Waals surface area (Å²) in [5, 5.41) is 9.18. The molecule has 0 amide bonds. The van der Waals surface area contributed by atoms with Gasteiger partial charge in [-0.15, -0.1) is 0 Å². The molecule has 4 nitrogen and oxygen atoms in total. The van der Waals surface area contributed by atoms with Gasteiger partial charge in [-0.05, 0) is 39.7 Å². The van der Waals surface area contributed by atoms with Gasteiger partial charge in [0, 0.05) is 17.3 Å². The fourth-order valence-corrected chi connectivity index (χ4v) is 2.12. The summed E-state index contributed by atoms with van der Waals surface area (Å²) < 4.78 is 1.57. The summed E-state index contributed by atoms with van der Waals surface area (Å²) in [6.45, 7) is 9.19. The lowest BCUT2D eigenvalue weighted by atomic mass is 9.98. The smallest absolute Gasteiger partial charge is 0.337 e. The fourth-order valence-electron chi connectivity index (χ4n) is 2.12. The summed E-state index contributed by atoms with van der Waals surface area (Å²) in [7, 11) is 0. The summed E-state index contributed by atoms with van der Waals surface area (Å²) in [4.78, 5) is 23.2. The lowest BCUT2D eigenvalue weighted by molar-refractivity contribution is 0.0693. The van der Waals surface area contributed by atoms with Gasteiger partial charge in [0.15, 0.2) is 0 Å². The van der Waals surface area contributed by atoms with Crippen LogP contribution in [0.2, 0.25) is 0 Å². The zero-order chi connectivity index (χ0) is 13.4. The second-order valence-electron chi connectivity index (χ2n) is 4.93. The number of hydrogen-bond donors (Lipinski definition) is 1. The van der Waals surface area contributed by atoms with Gasteiger partial charge in [-0.1, -0.05) is 6.92 Å². The first-order valence-electron chi connectivity index (χ1n) is 5.69. The van der Waals surface area contributed by atoms with Gasteiger partial charge in [0.2, 0.25) is 0 Å². The van der Waals surface area contributed by atoms with Crippen molar-refractivity contribution in [2.75, 3.05) is 0 Å². The zero-order valence-electron chi connectivity index (χ0n) is 11.0. The first-order chi connectivity index (χ1) is 7.72. The summed E-state index contributed by atoms with van der Waals surface area (Å²) in [6.07, 6.45) is 0.760. The van der Waals surface area contributed by atoms with Crippen LogP contribution < -0.4 is 5.56 Å². The molecule has 0 saturated heterocycles. The van der Waals surface area contributed by atoms with Gasteiger partial charge in [0.25, 0.3) is 5.56 Å². The molecule has 0 aliphatic carbocycles. The monoisotopic (exact) mass is 237 g/mol. The van der Waals surface area contributed by atoms with E-state index in [0.717, 1.165) is 6.42 Å². The predicted molar refractivity (Wildman–Crippen MR) is 66.7 cm³/mol. The summed E-state index contributed by atoms with van der Waals surface area (Å²) in [5.41, 5.74) is 0.750. The molecule has 1 rings (SSSR count). The van der Waals surface area contributed by atoms with Crippen LogP contribution in [0, 0.1) is 13.8 Å². The van der Waals surface area contributed by atoms with Gasteiger partial charge >= 0.3 is 5.97 Å². The SMILES string of the molecule is CCC(C)(C)n1c(C)c(C(=O)O)c(C)cc1=O. The molecule has 0 unspecified atom stereocenters. The lowest BCUT2D eigenvalue weighted by Gasteiger charge is -2.29. The lowest BCUT2D eigenvalue weighted by Crippen LogP contribution is -2.38. The third-order valence-electron chi connectivity index (χ3n) is 3.34. The number of rotatable bonds is 3. The van der Waals surface area contributed by atoms with Gasteiger partial charge in [-0.3, -0.25) is 4.79 Å². The maximum Gasteiger partial charge on any atom is 0.337 e. The fraction of sp³-hybridized carbons (Fsp3) is 0.538. The van der Waals surface area contributed by atoms with E-state index in [9.17, 15) is 14.7 Å². The summed E-state index contributed by atoms with van der Waals surface area (Å²) >= 11 is 0. The molecular weight excluding hydrogens is 218 g/mol. The standard InChI is InChI=1S/C13H19NO3/c1-6-13(4,5)14-9(3)11(12(16)17)8(2)7-10(14)15/h7H,6H2,1-5H3,(H,16,17). The van der Waals surface area contributed by atoms with Crippen LogP contribution in [0.4, 0.5) is 0 Å². The van der Waals surface area contributed by atoms with Crippen molar-refractivity contribution in [2.45, 2.75) is 46.6 Å². The number of aromatic nitrogens is 1. The highest BCUT2D eigenvalue weighted by Crippen LogP contribution is 2.22. The van der Waals surface area contributed by atoms with Crippen LogP contribution in [-0.4, -0.2) is 15.6 Å². The minimum atomic E-state index is -0.986. The molecule has 0 atom stereocenters. The van der Waals surface area contributed by atoms with Crippen LogP contribution in [0.1, 0.15) is 48.8 Å². The summed E-state index contributed by atoms with van der Waals surface area (Å²) in [5.74, 6) is -0.986. The molecule has 0 aliphatic rings. The number of carboxylic acids is 1. The zero-order valence-corrected chi connectivity index (χ0v) is 11.0. The number of aryl methyl sites for hydroxylation is 1. The first kappa shape index (κ1) is 13.5. The van der Waals surface area contributed by atoms with Crippen molar-refractivity contribution in [3.8, 4) is 0 Å². The van der Waals surface area contributed by atoms with Crippen molar-refractivity contribution in [3.63, 3.8) is 0 Å².